The lowest BCUT2D eigenvalue weighted by Crippen LogP contribution is -2.39. The molecule has 5 heteroatoms. The maximum atomic E-state index is 12.2. The van der Waals surface area contributed by atoms with E-state index in [4.69, 9.17) is 4.74 Å². The van der Waals surface area contributed by atoms with E-state index in [9.17, 15) is 4.79 Å². The van der Waals surface area contributed by atoms with Gasteiger partial charge < -0.3 is 10.1 Å². The van der Waals surface area contributed by atoms with Crippen molar-refractivity contribution in [2.24, 2.45) is 0 Å². The number of benzene rings is 1. The molecule has 0 saturated heterocycles. The summed E-state index contributed by atoms with van der Waals surface area (Å²) >= 11 is 0. The Morgan fingerprint density at radius 2 is 2.21 bits per heavy atom. The molecular weight excluding hydrogens is 302 g/mol. The fraction of sp³-hybridized carbons (Fsp3) is 0.474. The third-order valence-electron chi connectivity index (χ3n) is 4.60. The summed E-state index contributed by atoms with van der Waals surface area (Å²) in [6, 6.07) is 10.7. The van der Waals surface area contributed by atoms with Crippen LogP contribution in [0, 0.1) is 0 Å². The van der Waals surface area contributed by atoms with Crippen molar-refractivity contribution in [2.45, 2.75) is 58.2 Å². The van der Waals surface area contributed by atoms with Crippen LogP contribution < -0.4 is 5.32 Å². The fourth-order valence-electron chi connectivity index (χ4n) is 3.05. The molecule has 128 valence electrons. The SMILES string of the molecule is CCC(C)NC1CCc2nn(C(=O)OCc3ccccc3)cc2C1. The van der Waals surface area contributed by atoms with E-state index in [1.54, 1.807) is 0 Å². The van der Waals surface area contributed by atoms with E-state index >= 15 is 0 Å². The zero-order valence-corrected chi connectivity index (χ0v) is 14.4. The minimum absolute atomic E-state index is 0.266. The van der Waals surface area contributed by atoms with E-state index in [-0.39, 0.29) is 6.61 Å². The highest BCUT2D eigenvalue weighted by atomic mass is 16.6. The largest absolute Gasteiger partial charge is 0.443 e. The van der Waals surface area contributed by atoms with E-state index in [2.05, 4.69) is 24.3 Å². The minimum atomic E-state index is -0.417. The smallest absolute Gasteiger partial charge is 0.435 e. The predicted molar refractivity (Wildman–Crippen MR) is 93.0 cm³/mol. The average molecular weight is 327 g/mol. The van der Waals surface area contributed by atoms with E-state index in [0.29, 0.717) is 12.1 Å². The Balaban J connectivity index is 1.59. The molecule has 2 atom stereocenters. The summed E-state index contributed by atoms with van der Waals surface area (Å²) in [5.41, 5.74) is 3.15. The first-order chi connectivity index (χ1) is 11.7. The van der Waals surface area contributed by atoms with Crippen molar-refractivity contribution in [3.63, 3.8) is 0 Å². The zero-order valence-electron chi connectivity index (χ0n) is 14.4. The number of aryl methyl sites for hydroxylation is 1. The van der Waals surface area contributed by atoms with Gasteiger partial charge in [0.1, 0.15) is 6.61 Å². The summed E-state index contributed by atoms with van der Waals surface area (Å²) in [6.07, 6.45) is 5.42. The summed E-state index contributed by atoms with van der Waals surface area (Å²) in [6.45, 7) is 4.66. The van der Waals surface area contributed by atoms with Gasteiger partial charge >= 0.3 is 6.09 Å². The monoisotopic (exact) mass is 327 g/mol. The standard InChI is InChI=1S/C19H25N3O2/c1-3-14(2)20-17-9-10-18-16(11-17)12-22(21-18)19(23)24-13-15-7-5-4-6-8-15/h4-8,12,14,17,20H,3,9-11,13H2,1-2H3. The third-order valence-corrected chi connectivity index (χ3v) is 4.60. The summed E-state index contributed by atoms with van der Waals surface area (Å²) in [4.78, 5) is 12.2. The summed E-state index contributed by atoms with van der Waals surface area (Å²) in [7, 11) is 0. The Morgan fingerprint density at radius 1 is 1.42 bits per heavy atom. The van der Waals surface area contributed by atoms with Crippen molar-refractivity contribution >= 4 is 6.09 Å². The second kappa shape index (κ2) is 7.62. The number of ether oxygens (including phenoxy) is 1. The molecule has 2 aromatic rings. The maximum Gasteiger partial charge on any atom is 0.435 e. The lowest BCUT2D eigenvalue weighted by atomic mass is 9.93. The molecule has 0 saturated carbocycles. The van der Waals surface area contributed by atoms with Gasteiger partial charge in [-0.25, -0.2) is 4.79 Å². The van der Waals surface area contributed by atoms with Crippen molar-refractivity contribution in [1.82, 2.24) is 15.1 Å². The maximum absolute atomic E-state index is 12.2. The Hall–Kier alpha value is -2.14. The average Bonchev–Trinajstić information content (AvgIpc) is 3.04. The molecule has 1 aromatic carbocycles. The van der Waals surface area contributed by atoms with Gasteiger partial charge in [0.25, 0.3) is 0 Å². The van der Waals surface area contributed by atoms with Gasteiger partial charge in [-0.15, -0.1) is 0 Å². The Bertz CT molecular complexity index is 681. The lowest BCUT2D eigenvalue weighted by molar-refractivity contribution is 0.137. The highest BCUT2D eigenvalue weighted by Gasteiger charge is 2.23. The van der Waals surface area contributed by atoms with Gasteiger partial charge in [-0.05, 0) is 43.7 Å². The highest BCUT2D eigenvalue weighted by Crippen LogP contribution is 2.21. The molecule has 2 unspecified atom stereocenters. The van der Waals surface area contributed by atoms with Crippen LogP contribution in [-0.4, -0.2) is 28.0 Å². The molecule has 1 N–H and O–H groups in total. The summed E-state index contributed by atoms with van der Waals surface area (Å²) in [5.74, 6) is 0. The molecular formula is C19H25N3O2. The van der Waals surface area contributed by atoms with Crippen LogP contribution in [-0.2, 0) is 24.2 Å². The molecule has 1 aliphatic rings. The summed E-state index contributed by atoms with van der Waals surface area (Å²) in [5, 5.41) is 8.05. The molecule has 0 aliphatic heterocycles. The summed E-state index contributed by atoms with van der Waals surface area (Å²) < 4.78 is 6.69. The number of hydrogen-bond acceptors (Lipinski definition) is 4. The van der Waals surface area contributed by atoms with Crippen LogP contribution in [0.3, 0.4) is 0 Å². The molecule has 0 fully saturated rings. The molecule has 1 heterocycles. The van der Waals surface area contributed by atoms with Crippen LogP contribution in [0.5, 0.6) is 0 Å². The number of rotatable bonds is 5. The zero-order chi connectivity index (χ0) is 16.9. The molecule has 3 rings (SSSR count). The second-order valence-electron chi connectivity index (χ2n) is 6.50. The van der Waals surface area contributed by atoms with E-state index in [1.165, 1.54) is 4.68 Å². The number of carbonyl (C=O) groups is 1. The Morgan fingerprint density at radius 3 is 2.96 bits per heavy atom. The highest BCUT2D eigenvalue weighted by molar-refractivity contribution is 5.69. The minimum Gasteiger partial charge on any atom is -0.443 e. The van der Waals surface area contributed by atoms with Gasteiger partial charge in [-0.1, -0.05) is 37.3 Å². The molecule has 0 spiro atoms. The van der Waals surface area contributed by atoms with E-state index in [0.717, 1.165) is 42.5 Å². The first-order valence-corrected chi connectivity index (χ1v) is 8.70. The van der Waals surface area contributed by atoms with Crippen LogP contribution in [0.25, 0.3) is 0 Å². The number of hydrogen-bond donors (Lipinski definition) is 1. The number of nitrogens with one attached hydrogen (secondary N) is 1. The number of nitrogens with zero attached hydrogens (tertiary/aromatic N) is 2. The van der Waals surface area contributed by atoms with Gasteiger partial charge in [0.15, 0.2) is 0 Å². The van der Waals surface area contributed by atoms with Gasteiger partial charge in [0.2, 0.25) is 0 Å². The van der Waals surface area contributed by atoms with Crippen LogP contribution >= 0.6 is 0 Å². The molecule has 1 aliphatic carbocycles. The van der Waals surface area contributed by atoms with Gasteiger partial charge in [0.05, 0.1) is 5.69 Å². The Kier molecular flexibility index (Phi) is 5.30. The van der Waals surface area contributed by atoms with Crippen molar-refractivity contribution in [2.75, 3.05) is 0 Å². The van der Waals surface area contributed by atoms with Crippen LogP contribution in [0.15, 0.2) is 36.5 Å². The first-order valence-electron chi connectivity index (χ1n) is 8.70. The number of fused-ring (bicyclic) bond motifs is 1. The molecule has 0 bridgehead atoms. The Labute approximate surface area is 143 Å². The van der Waals surface area contributed by atoms with Crippen molar-refractivity contribution < 1.29 is 9.53 Å². The topological polar surface area (TPSA) is 56.2 Å². The number of aromatic nitrogens is 2. The van der Waals surface area contributed by atoms with Gasteiger partial charge in [-0.2, -0.15) is 9.78 Å². The molecule has 24 heavy (non-hydrogen) atoms. The number of carbonyl (C=O) groups excluding carboxylic acids is 1. The van der Waals surface area contributed by atoms with Gasteiger partial charge in [0, 0.05) is 18.3 Å². The third kappa shape index (κ3) is 4.03. The quantitative estimate of drug-likeness (QED) is 0.915. The first kappa shape index (κ1) is 16.7. The normalized spacial score (nSPS) is 18.0. The fourth-order valence-corrected chi connectivity index (χ4v) is 3.05. The lowest BCUT2D eigenvalue weighted by Gasteiger charge is -2.25. The van der Waals surface area contributed by atoms with Gasteiger partial charge in [-0.3, -0.25) is 0 Å². The molecule has 1 aromatic heterocycles. The predicted octanol–water partition coefficient (Wildman–Crippen LogP) is 3.31. The van der Waals surface area contributed by atoms with E-state index in [1.807, 2.05) is 36.5 Å². The van der Waals surface area contributed by atoms with Crippen LogP contribution in [0.2, 0.25) is 0 Å². The van der Waals surface area contributed by atoms with Crippen molar-refractivity contribution in [3.8, 4) is 0 Å². The van der Waals surface area contributed by atoms with Crippen molar-refractivity contribution in [1.29, 1.82) is 0 Å². The second-order valence-corrected chi connectivity index (χ2v) is 6.50. The van der Waals surface area contributed by atoms with E-state index < -0.39 is 6.09 Å². The van der Waals surface area contributed by atoms with Crippen molar-refractivity contribution in [3.05, 3.63) is 53.3 Å². The molecule has 0 radical (unpaired) electrons. The van der Waals surface area contributed by atoms with Crippen LogP contribution in [0.1, 0.15) is 43.5 Å². The van der Waals surface area contributed by atoms with Crippen LogP contribution in [0.4, 0.5) is 4.79 Å². The molecule has 0 amide bonds. The molecule has 5 nitrogen and oxygen atoms in total.